The summed E-state index contributed by atoms with van der Waals surface area (Å²) in [5.74, 6) is 0.0703. The van der Waals surface area contributed by atoms with E-state index in [0.717, 1.165) is 0 Å². The fourth-order valence-electron chi connectivity index (χ4n) is 1.89. The number of aromatic nitrogens is 3. The SMILES string of the molecule is NC(=O)c1nc(-c2ccccn2)n2ccccc12. The van der Waals surface area contributed by atoms with Gasteiger partial charge in [-0.3, -0.25) is 14.2 Å². The molecule has 0 aliphatic carbocycles. The number of imidazole rings is 1. The highest BCUT2D eigenvalue weighted by Gasteiger charge is 2.16. The van der Waals surface area contributed by atoms with Crippen molar-refractivity contribution in [2.75, 3.05) is 0 Å². The molecule has 18 heavy (non-hydrogen) atoms. The number of fused-ring (bicyclic) bond motifs is 1. The van der Waals surface area contributed by atoms with Crippen molar-refractivity contribution in [1.82, 2.24) is 14.4 Å². The molecule has 3 aromatic rings. The molecular weight excluding hydrogens is 228 g/mol. The Morgan fingerprint density at radius 3 is 2.72 bits per heavy atom. The number of hydrogen-bond donors (Lipinski definition) is 1. The molecule has 0 atom stereocenters. The Morgan fingerprint density at radius 1 is 1.17 bits per heavy atom. The van der Waals surface area contributed by atoms with Gasteiger partial charge in [0, 0.05) is 12.4 Å². The minimum Gasteiger partial charge on any atom is -0.364 e. The summed E-state index contributed by atoms with van der Waals surface area (Å²) >= 11 is 0. The largest absolute Gasteiger partial charge is 0.364 e. The van der Waals surface area contributed by atoms with E-state index in [9.17, 15) is 4.79 Å². The van der Waals surface area contributed by atoms with Crippen LogP contribution in [0.2, 0.25) is 0 Å². The monoisotopic (exact) mass is 238 g/mol. The van der Waals surface area contributed by atoms with Crippen molar-refractivity contribution in [2.24, 2.45) is 5.73 Å². The topological polar surface area (TPSA) is 73.3 Å². The van der Waals surface area contributed by atoms with Gasteiger partial charge < -0.3 is 5.73 Å². The summed E-state index contributed by atoms with van der Waals surface area (Å²) in [7, 11) is 0. The quantitative estimate of drug-likeness (QED) is 0.735. The fraction of sp³-hybridized carbons (Fsp3) is 0. The summed E-state index contributed by atoms with van der Waals surface area (Å²) in [6.45, 7) is 0. The Balaban J connectivity index is 2.34. The van der Waals surface area contributed by atoms with Gasteiger partial charge in [-0.05, 0) is 24.3 Å². The van der Waals surface area contributed by atoms with Gasteiger partial charge in [0.2, 0.25) is 0 Å². The van der Waals surface area contributed by atoms with Crippen LogP contribution in [0.5, 0.6) is 0 Å². The summed E-state index contributed by atoms with van der Waals surface area (Å²) in [6.07, 6.45) is 3.52. The van der Waals surface area contributed by atoms with Crippen LogP contribution in [-0.2, 0) is 0 Å². The van der Waals surface area contributed by atoms with Crippen LogP contribution in [0.4, 0.5) is 0 Å². The molecule has 3 rings (SSSR count). The number of carbonyl (C=O) groups is 1. The molecule has 0 radical (unpaired) electrons. The lowest BCUT2D eigenvalue weighted by Crippen LogP contribution is -2.11. The van der Waals surface area contributed by atoms with E-state index in [1.165, 1.54) is 0 Å². The third-order valence-corrected chi connectivity index (χ3v) is 2.68. The maximum absolute atomic E-state index is 11.4. The Kier molecular flexibility index (Phi) is 2.30. The number of amides is 1. The zero-order valence-electron chi connectivity index (χ0n) is 9.45. The van der Waals surface area contributed by atoms with E-state index in [2.05, 4.69) is 9.97 Å². The van der Waals surface area contributed by atoms with E-state index in [1.54, 1.807) is 12.3 Å². The predicted molar refractivity (Wildman–Crippen MR) is 66.9 cm³/mol. The average Bonchev–Trinajstić information content (AvgIpc) is 2.79. The molecule has 0 saturated carbocycles. The highest BCUT2D eigenvalue weighted by atomic mass is 16.1. The maximum atomic E-state index is 11.4. The van der Waals surface area contributed by atoms with Crippen LogP contribution >= 0.6 is 0 Å². The van der Waals surface area contributed by atoms with Gasteiger partial charge in [0.1, 0.15) is 5.69 Å². The number of pyridine rings is 2. The first-order chi connectivity index (χ1) is 8.77. The molecule has 0 aliphatic heterocycles. The van der Waals surface area contributed by atoms with Crippen molar-refractivity contribution in [1.29, 1.82) is 0 Å². The molecule has 0 aromatic carbocycles. The van der Waals surface area contributed by atoms with Gasteiger partial charge >= 0.3 is 0 Å². The Hall–Kier alpha value is -2.69. The molecule has 0 bridgehead atoms. The smallest absolute Gasteiger partial charge is 0.269 e. The van der Waals surface area contributed by atoms with Crippen LogP contribution in [0.1, 0.15) is 10.5 Å². The van der Waals surface area contributed by atoms with Gasteiger partial charge in [-0.1, -0.05) is 12.1 Å². The second-order valence-electron chi connectivity index (χ2n) is 3.82. The molecule has 0 spiro atoms. The van der Waals surface area contributed by atoms with Crippen LogP contribution in [0.3, 0.4) is 0 Å². The summed E-state index contributed by atoms with van der Waals surface area (Å²) in [5, 5.41) is 0. The molecule has 88 valence electrons. The van der Waals surface area contributed by atoms with Crippen molar-refractivity contribution in [3.05, 3.63) is 54.5 Å². The lowest BCUT2D eigenvalue weighted by Gasteiger charge is -1.98. The first-order valence-electron chi connectivity index (χ1n) is 5.45. The third kappa shape index (κ3) is 1.53. The maximum Gasteiger partial charge on any atom is 0.269 e. The van der Waals surface area contributed by atoms with Gasteiger partial charge in [0.05, 0.1) is 5.52 Å². The molecule has 0 aliphatic rings. The molecular formula is C13H10N4O. The van der Waals surface area contributed by atoms with Crippen molar-refractivity contribution < 1.29 is 4.79 Å². The van der Waals surface area contributed by atoms with Gasteiger partial charge in [-0.2, -0.15) is 0 Å². The van der Waals surface area contributed by atoms with E-state index < -0.39 is 5.91 Å². The fourth-order valence-corrected chi connectivity index (χ4v) is 1.89. The highest BCUT2D eigenvalue weighted by molar-refractivity contribution is 5.98. The molecule has 5 heteroatoms. The number of rotatable bonds is 2. The second-order valence-corrected chi connectivity index (χ2v) is 3.82. The number of nitrogens with two attached hydrogens (primary N) is 1. The summed E-state index contributed by atoms with van der Waals surface area (Å²) in [4.78, 5) is 19.9. The molecule has 0 saturated heterocycles. The number of primary amides is 1. The zero-order chi connectivity index (χ0) is 12.5. The minimum absolute atomic E-state index is 0.260. The number of nitrogens with zero attached hydrogens (tertiary/aromatic N) is 3. The van der Waals surface area contributed by atoms with Gasteiger partial charge in [-0.15, -0.1) is 0 Å². The molecule has 0 fully saturated rings. The molecule has 3 aromatic heterocycles. The first kappa shape index (κ1) is 10.5. The van der Waals surface area contributed by atoms with Gasteiger partial charge in [-0.25, -0.2) is 4.98 Å². The lowest BCUT2D eigenvalue weighted by atomic mass is 10.3. The second kappa shape index (κ2) is 3.96. The van der Waals surface area contributed by atoms with E-state index in [1.807, 2.05) is 40.9 Å². The Labute approximate surface area is 103 Å². The van der Waals surface area contributed by atoms with Gasteiger partial charge in [0.15, 0.2) is 11.5 Å². The van der Waals surface area contributed by atoms with Crippen molar-refractivity contribution in [2.45, 2.75) is 0 Å². The molecule has 2 N–H and O–H groups in total. The minimum atomic E-state index is -0.541. The number of carbonyl (C=O) groups excluding carboxylic acids is 1. The normalized spacial score (nSPS) is 10.7. The molecule has 5 nitrogen and oxygen atoms in total. The van der Waals surface area contributed by atoms with Crippen LogP contribution in [-0.4, -0.2) is 20.3 Å². The molecule has 0 unspecified atom stereocenters. The molecule has 3 heterocycles. The van der Waals surface area contributed by atoms with Crippen molar-refractivity contribution >= 4 is 11.4 Å². The third-order valence-electron chi connectivity index (χ3n) is 2.68. The average molecular weight is 238 g/mol. The van der Waals surface area contributed by atoms with Crippen molar-refractivity contribution in [3.8, 4) is 11.5 Å². The van der Waals surface area contributed by atoms with Crippen LogP contribution in [0.25, 0.3) is 17.0 Å². The predicted octanol–water partition coefficient (Wildman–Crippen LogP) is 1.50. The summed E-state index contributed by atoms with van der Waals surface area (Å²) in [5.41, 5.74) is 6.98. The number of hydrogen-bond acceptors (Lipinski definition) is 3. The lowest BCUT2D eigenvalue weighted by molar-refractivity contribution is 0.0997. The van der Waals surface area contributed by atoms with E-state index in [4.69, 9.17) is 5.73 Å². The summed E-state index contributed by atoms with van der Waals surface area (Å²) in [6, 6.07) is 11.0. The summed E-state index contributed by atoms with van der Waals surface area (Å²) < 4.78 is 1.81. The van der Waals surface area contributed by atoms with Crippen LogP contribution < -0.4 is 5.73 Å². The first-order valence-corrected chi connectivity index (χ1v) is 5.45. The Morgan fingerprint density at radius 2 is 2.00 bits per heavy atom. The van der Waals surface area contributed by atoms with Crippen molar-refractivity contribution in [3.63, 3.8) is 0 Å². The van der Waals surface area contributed by atoms with E-state index in [-0.39, 0.29) is 5.69 Å². The van der Waals surface area contributed by atoms with Gasteiger partial charge in [0.25, 0.3) is 5.91 Å². The Bertz CT molecular complexity index is 718. The standard InChI is InChI=1S/C13H10N4O/c14-12(18)11-10-6-2-4-8-17(10)13(16-11)9-5-1-3-7-15-9/h1-8H,(H2,14,18). The van der Waals surface area contributed by atoms with Crippen LogP contribution in [0, 0.1) is 0 Å². The zero-order valence-corrected chi connectivity index (χ0v) is 9.45. The van der Waals surface area contributed by atoms with Crippen LogP contribution in [0.15, 0.2) is 48.8 Å². The molecule has 1 amide bonds. The van der Waals surface area contributed by atoms with E-state index >= 15 is 0 Å². The highest BCUT2D eigenvalue weighted by Crippen LogP contribution is 2.20. The van der Waals surface area contributed by atoms with E-state index in [0.29, 0.717) is 17.0 Å².